The number of benzene rings is 1. The van der Waals surface area contributed by atoms with Gasteiger partial charge in [0, 0.05) is 18.9 Å². The van der Waals surface area contributed by atoms with E-state index < -0.39 is 12.1 Å². The number of aryl methyl sites for hydroxylation is 1. The van der Waals surface area contributed by atoms with E-state index in [1.165, 1.54) is 0 Å². The summed E-state index contributed by atoms with van der Waals surface area (Å²) in [6.45, 7) is 6.53. The van der Waals surface area contributed by atoms with Crippen molar-refractivity contribution in [3.63, 3.8) is 0 Å². The first-order valence-electron chi connectivity index (χ1n) is 12.4. The summed E-state index contributed by atoms with van der Waals surface area (Å²) in [6.07, 6.45) is 4.53. The summed E-state index contributed by atoms with van der Waals surface area (Å²) in [7, 11) is 0. The lowest BCUT2D eigenvalue weighted by atomic mass is 9.89. The Morgan fingerprint density at radius 3 is 2.65 bits per heavy atom. The molecular formula is C27H35N3O4. The predicted molar refractivity (Wildman–Crippen MR) is 127 cm³/mol. The molecule has 0 aromatic heterocycles. The Kier molecular flexibility index (Phi) is 6.97. The molecule has 1 N–H and O–H groups in total. The van der Waals surface area contributed by atoms with Gasteiger partial charge >= 0.3 is 0 Å². The lowest BCUT2D eigenvalue weighted by molar-refractivity contribution is -0.141. The molecule has 7 heteroatoms. The molecule has 7 nitrogen and oxygen atoms in total. The van der Waals surface area contributed by atoms with Crippen molar-refractivity contribution in [1.29, 1.82) is 5.26 Å². The molecule has 4 rings (SSSR count). The van der Waals surface area contributed by atoms with Gasteiger partial charge in [0.1, 0.15) is 23.6 Å². The number of ether oxygens (including phenoxy) is 1. The molecule has 34 heavy (non-hydrogen) atoms. The fraction of sp³-hybridized carbons (Fsp3) is 0.630. The Balaban J connectivity index is 1.41. The zero-order chi connectivity index (χ0) is 24.5. The number of hydrogen-bond acceptors (Lipinski definition) is 5. The van der Waals surface area contributed by atoms with E-state index in [-0.39, 0.29) is 41.5 Å². The third-order valence-electron chi connectivity index (χ3n) is 7.76. The molecule has 182 valence electrons. The Labute approximate surface area is 201 Å². The predicted octanol–water partition coefficient (Wildman–Crippen LogP) is 3.40. The Hall–Kier alpha value is -2.88. The molecule has 1 unspecified atom stereocenters. The molecule has 0 spiro atoms. The minimum Gasteiger partial charge on any atom is -0.484 e. The normalized spacial score (nSPS) is 28.3. The number of fused-ring (bicyclic) bond motifs is 1. The average Bonchev–Trinajstić information content (AvgIpc) is 3.44. The molecule has 1 aromatic rings. The maximum atomic E-state index is 13.4. The molecule has 0 radical (unpaired) electrons. The van der Waals surface area contributed by atoms with Gasteiger partial charge < -0.3 is 15.0 Å². The van der Waals surface area contributed by atoms with E-state index in [2.05, 4.69) is 25.2 Å². The van der Waals surface area contributed by atoms with E-state index >= 15 is 0 Å². The van der Waals surface area contributed by atoms with Crippen molar-refractivity contribution < 1.29 is 19.1 Å². The Bertz CT molecular complexity index is 981. The molecule has 5 atom stereocenters. The number of Topliss-reactive ketones (excluding diaryl/α,β-unsaturated/α-hetero) is 1. The molecule has 2 amide bonds. The van der Waals surface area contributed by atoms with Crippen LogP contribution in [0.5, 0.6) is 5.75 Å². The van der Waals surface area contributed by atoms with Gasteiger partial charge in [-0.15, -0.1) is 0 Å². The third-order valence-corrected chi connectivity index (χ3v) is 7.76. The van der Waals surface area contributed by atoms with Gasteiger partial charge in [0.15, 0.2) is 6.61 Å². The number of nitrogens with zero attached hydrogens (tertiary/aromatic N) is 2. The van der Waals surface area contributed by atoms with Crippen molar-refractivity contribution >= 4 is 17.6 Å². The van der Waals surface area contributed by atoms with Gasteiger partial charge in [-0.05, 0) is 62.0 Å². The minimum atomic E-state index is -0.739. The van der Waals surface area contributed by atoms with Gasteiger partial charge in [0.05, 0.1) is 6.07 Å². The highest BCUT2D eigenvalue weighted by Gasteiger charge is 2.50. The summed E-state index contributed by atoms with van der Waals surface area (Å²) in [5.41, 5.74) is 1.05. The van der Waals surface area contributed by atoms with Crippen molar-refractivity contribution in [2.24, 2.45) is 23.2 Å². The average molecular weight is 466 g/mol. The molecule has 3 aliphatic rings. The Morgan fingerprint density at radius 1 is 1.26 bits per heavy atom. The molecule has 1 aliphatic heterocycles. The molecular weight excluding hydrogens is 430 g/mol. The monoisotopic (exact) mass is 465 g/mol. The van der Waals surface area contributed by atoms with Crippen LogP contribution >= 0.6 is 0 Å². The molecule has 0 bridgehead atoms. The highest BCUT2D eigenvalue weighted by molar-refractivity contribution is 5.90. The van der Waals surface area contributed by atoms with Crippen LogP contribution in [0.15, 0.2) is 24.3 Å². The second-order valence-electron chi connectivity index (χ2n) is 11.1. The first kappa shape index (κ1) is 24.3. The van der Waals surface area contributed by atoms with Crippen LogP contribution in [-0.4, -0.2) is 47.7 Å². The quantitative estimate of drug-likeness (QED) is 0.665. The summed E-state index contributed by atoms with van der Waals surface area (Å²) < 4.78 is 5.69. The van der Waals surface area contributed by atoms with Gasteiger partial charge in [0.25, 0.3) is 5.91 Å². The number of carbonyl (C=O) groups excluding carboxylic acids is 3. The highest BCUT2D eigenvalue weighted by Crippen LogP contribution is 2.43. The molecule has 1 heterocycles. The maximum Gasteiger partial charge on any atom is 0.261 e. The van der Waals surface area contributed by atoms with Gasteiger partial charge in [-0.3, -0.25) is 14.4 Å². The number of amides is 2. The summed E-state index contributed by atoms with van der Waals surface area (Å²) in [5.74, 6) is 0.495. The zero-order valence-corrected chi connectivity index (χ0v) is 20.4. The van der Waals surface area contributed by atoms with Crippen molar-refractivity contribution in [2.45, 2.75) is 71.4 Å². The maximum absolute atomic E-state index is 13.4. The lowest BCUT2D eigenvalue weighted by Crippen LogP contribution is -2.52. The molecule has 3 fully saturated rings. The number of nitriles is 1. The topological polar surface area (TPSA) is 99.5 Å². The standard InChI is InChI=1S/C27H35N3O4/c1-17-7-9-21(10-8-17)34-16-24(32)30-15-18-5-4-6-22(18)25(30)26(33)29-20(14-28)11-19-12-27(2,3)13-23(19)31/h7-10,18-20,22,25H,4-6,11-13,15-16H2,1-3H3,(H,29,33)/t18-,19+,20-,22-,25?/m0/s1. The van der Waals surface area contributed by atoms with Crippen LogP contribution in [0.1, 0.15) is 57.9 Å². The van der Waals surface area contributed by atoms with E-state index in [1.54, 1.807) is 4.90 Å². The Morgan fingerprint density at radius 2 is 2.00 bits per heavy atom. The van der Waals surface area contributed by atoms with Crippen LogP contribution in [0.3, 0.4) is 0 Å². The van der Waals surface area contributed by atoms with E-state index in [0.717, 1.165) is 31.2 Å². The van der Waals surface area contributed by atoms with Crippen molar-refractivity contribution in [1.82, 2.24) is 10.2 Å². The van der Waals surface area contributed by atoms with Crippen LogP contribution in [0.4, 0.5) is 0 Å². The van der Waals surface area contributed by atoms with E-state index in [9.17, 15) is 19.6 Å². The second-order valence-corrected chi connectivity index (χ2v) is 11.1. The van der Waals surface area contributed by atoms with Crippen LogP contribution in [-0.2, 0) is 14.4 Å². The number of hydrogen-bond donors (Lipinski definition) is 1. The van der Waals surface area contributed by atoms with Gasteiger partial charge in [-0.1, -0.05) is 38.0 Å². The smallest absolute Gasteiger partial charge is 0.261 e. The molecule has 1 saturated heterocycles. The number of nitrogens with one attached hydrogen (secondary N) is 1. The largest absolute Gasteiger partial charge is 0.484 e. The third kappa shape index (κ3) is 5.27. The second kappa shape index (κ2) is 9.77. The van der Waals surface area contributed by atoms with Crippen LogP contribution in [0.25, 0.3) is 0 Å². The highest BCUT2D eigenvalue weighted by atomic mass is 16.5. The van der Waals surface area contributed by atoms with Crippen LogP contribution < -0.4 is 10.1 Å². The van der Waals surface area contributed by atoms with E-state index in [4.69, 9.17) is 4.74 Å². The molecule has 2 saturated carbocycles. The summed E-state index contributed by atoms with van der Waals surface area (Å²) >= 11 is 0. The van der Waals surface area contributed by atoms with E-state index in [0.29, 0.717) is 31.1 Å². The van der Waals surface area contributed by atoms with Crippen molar-refractivity contribution in [3.8, 4) is 11.8 Å². The summed E-state index contributed by atoms with van der Waals surface area (Å²) in [6, 6.07) is 8.35. The fourth-order valence-corrected chi connectivity index (χ4v) is 6.13. The first-order chi connectivity index (χ1) is 16.2. The van der Waals surface area contributed by atoms with Gasteiger partial charge in [0.2, 0.25) is 5.91 Å². The number of likely N-dealkylation sites (tertiary alicyclic amines) is 1. The van der Waals surface area contributed by atoms with E-state index in [1.807, 2.05) is 31.2 Å². The number of carbonyl (C=O) groups is 3. The van der Waals surface area contributed by atoms with Gasteiger partial charge in [-0.2, -0.15) is 5.26 Å². The van der Waals surface area contributed by atoms with Crippen LogP contribution in [0, 0.1) is 41.4 Å². The lowest BCUT2D eigenvalue weighted by Gasteiger charge is -2.28. The minimum absolute atomic E-state index is 0.0606. The zero-order valence-electron chi connectivity index (χ0n) is 20.4. The molecule has 1 aromatic carbocycles. The van der Waals surface area contributed by atoms with Gasteiger partial charge in [-0.25, -0.2) is 0 Å². The SMILES string of the molecule is Cc1ccc(OCC(=O)N2C[C@@H]3CCC[C@@H]3C2C(=O)N[C@H](C#N)C[C@@H]2CC(C)(C)CC2=O)cc1. The van der Waals surface area contributed by atoms with Crippen molar-refractivity contribution in [3.05, 3.63) is 29.8 Å². The van der Waals surface area contributed by atoms with Crippen molar-refractivity contribution in [2.75, 3.05) is 13.2 Å². The number of ketones is 1. The fourth-order valence-electron chi connectivity index (χ4n) is 6.13. The summed E-state index contributed by atoms with van der Waals surface area (Å²) in [5, 5.41) is 12.6. The summed E-state index contributed by atoms with van der Waals surface area (Å²) in [4.78, 5) is 40.5. The first-order valence-corrected chi connectivity index (χ1v) is 12.4. The molecule has 2 aliphatic carbocycles. The van der Waals surface area contributed by atoms with Crippen LogP contribution in [0.2, 0.25) is 0 Å². The number of rotatable bonds is 7.